The lowest BCUT2D eigenvalue weighted by atomic mass is 9.75. The number of fused-ring (bicyclic) bond motifs is 1. The highest BCUT2D eigenvalue weighted by Crippen LogP contribution is 2.42. The van der Waals surface area contributed by atoms with Crippen molar-refractivity contribution in [1.29, 1.82) is 5.26 Å². The van der Waals surface area contributed by atoms with E-state index in [0.29, 0.717) is 6.42 Å². The molecule has 0 bridgehead atoms. The van der Waals surface area contributed by atoms with Crippen LogP contribution in [0.2, 0.25) is 0 Å². The second-order valence-corrected chi connectivity index (χ2v) is 5.85. The summed E-state index contributed by atoms with van der Waals surface area (Å²) in [6.45, 7) is 0.910. The number of hydrogen-bond acceptors (Lipinski definition) is 5. The monoisotopic (exact) mass is 280 g/mol. The SMILES string of the molecule is N#CCC1(n2cc(-c3cnnc4c3CCN4)cn2)CCC1. The van der Waals surface area contributed by atoms with E-state index in [2.05, 4.69) is 32.9 Å². The van der Waals surface area contributed by atoms with Gasteiger partial charge in [-0.1, -0.05) is 0 Å². The van der Waals surface area contributed by atoms with E-state index >= 15 is 0 Å². The van der Waals surface area contributed by atoms with Crippen molar-refractivity contribution in [2.24, 2.45) is 0 Å². The van der Waals surface area contributed by atoms with Gasteiger partial charge in [-0.3, -0.25) is 4.68 Å². The first-order valence-electron chi connectivity index (χ1n) is 7.33. The Kier molecular flexibility index (Phi) is 2.67. The van der Waals surface area contributed by atoms with Gasteiger partial charge in [-0.25, -0.2) is 0 Å². The Balaban J connectivity index is 1.73. The molecule has 106 valence electrons. The first-order valence-corrected chi connectivity index (χ1v) is 7.33. The summed E-state index contributed by atoms with van der Waals surface area (Å²) in [5.41, 5.74) is 3.29. The fraction of sp³-hybridized carbons (Fsp3) is 0.467. The van der Waals surface area contributed by atoms with Gasteiger partial charge in [-0.2, -0.15) is 15.5 Å². The molecule has 21 heavy (non-hydrogen) atoms. The summed E-state index contributed by atoms with van der Waals surface area (Å²) < 4.78 is 1.99. The summed E-state index contributed by atoms with van der Waals surface area (Å²) in [6.07, 6.45) is 10.5. The molecule has 0 spiro atoms. The van der Waals surface area contributed by atoms with E-state index in [9.17, 15) is 0 Å². The van der Waals surface area contributed by atoms with E-state index in [0.717, 1.165) is 42.8 Å². The Morgan fingerprint density at radius 1 is 1.38 bits per heavy atom. The number of nitriles is 1. The highest BCUT2D eigenvalue weighted by atomic mass is 15.3. The Morgan fingerprint density at radius 2 is 2.29 bits per heavy atom. The van der Waals surface area contributed by atoms with E-state index in [1.54, 1.807) is 0 Å². The highest BCUT2D eigenvalue weighted by molar-refractivity contribution is 5.71. The lowest BCUT2D eigenvalue weighted by molar-refractivity contribution is 0.130. The molecule has 2 aromatic heterocycles. The highest BCUT2D eigenvalue weighted by Gasteiger charge is 2.39. The molecule has 0 aromatic carbocycles. The van der Waals surface area contributed by atoms with Gasteiger partial charge < -0.3 is 5.32 Å². The second kappa shape index (κ2) is 4.55. The summed E-state index contributed by atoms with van der Waals surface area (Å²) >= 11 is 0. The lowest BCUT2D eigenvalue weighted by Gasteiger charge is -2.40. The van der Waals surface area contributed by atoms with Crippen molar-refractivity contribution < 1.29 is 0 Å². The van der Waals surface area contributed by atoms with Gasteiger partial charge in [0.2, 0.25) is 0 Å². The van der Waals surface area contributed by atoms with Gasteiger partial charge in [-0.15, -0.1) is 5.10 Å². The smallest absolute Gasteiger partial charge is 0.152 e. The number of anilines is 1. The Labute approximate surface area is 122 Å². The third-order valence-corrected chi connectivity index (χ3v) is 4.69. The zero-order valence-corrected chi connectivity index (χ0v) is 11.7. The molecule has 4 rings (SSSR count). The topological polar surface area (TPSA) is 79.4 Å². The predicted octanol–water partition coefficient (Wildman–Crippen LogP) is 2.10. The van der Waals surface area contributed by atoms with Gasteiger partial charge in [0.15, 0.2) is 5.82 Å². The molecular weight excluding hydrogens is 264 g/mol. The number of hydrogen-bond donors (Lipinski definition) is 1. The minimum Gasteiger partial charge on any atom is -0.368 e. The van der Waals surface area contributed by atoms with Crippen LogP contribution in [-0.4, -0.2) is 26.5 Å². The maximum atomic E-state index is 9.06. The van der Waals surface area contributed by atoms with E-state index < -0.39 is 0 Å². The average Bonchev–Trinajstić information content (AvgIpc) is 3.11. The molecule has 1 aliphatic heterocycles. The van der Waals surface area contributed by atoms with Crippen LogP contribution in [0.3, 0.4) is 0 Å². The summed E-state index contributed by atoms with van der Waals surface area (Å²) in [5.74, 6) is 0.885. The van der Waals surface area contributed by atoms with Crippen molar-refractivity contribution in [3.8, 4) is 17.2 Å². The number of nitrogens with zero attached hydrogens (tertiary/aromatic N) is 5. The van der Waals surface area contributed by atoms with Crippen LogP contribution in [-0.2, 0) is 12.0 Å². The van der Waals surface area contributed by atoms with Crippen LogP contribution in [0.15, 0.2) is 18.6 Å². The van der Waals surface area contributed by atoms with Crippen LogP contribution in [0.1, 0.15) is 31.2 Å². The van der Waals surface area contributed by atoms with Crippen LogP contribution in [0.4, 0.5) is 5.82 Å². The number of nitrogens with one attached hydrogen (secondary N) is 1. The minimum absolute atomic E-state index is 0.0884. The normalized spacial score (nSPS) is 18.4. The molecule has 1 N–H and O–H groups in total. The molecule has 2 aromatic rings. The zero-order valence-electron chi connectivity index (χ0n) is 11.7. The standard InChI is InChI=1S/C15H16N6/c16-6-5-15(3-1-4-15)21-10-11(8-19-21)13-9-18-20-14-12(13)2-7-17-14/h8-10H,1-5,7H2,(H,17,20). The van der Waals surface area contributed by atoms with Crippen LogP contribution in [0.25, 0.3) is 11.1 Å². The maximum Gasteiger partial charge on any atom is 0.152 e. The molecule has 1 saturated carbocycles. The average molecular weight is 280 g/mol. The van der Waals surface area contributed by atoms with Crippen molar-refractivity contribution in [3.63, 3.8) is 0 Å². The molecule has 0 saturated heterocycles. The first-order chi connectivity index (χ1) is 10.3. The fourth-order valence-corrected chi connectivity index (χ4v) is 3.30. The molecular formula is C15H16N6. The summed E-state index contributed by atoms with van der Waals surface area (Å²) in [7, 11) is 0. The third-order valence-electron chi connectivity index (χ3n) is 4.69. The summed E-state index contributed by atoms with van der Waals surface area (Å²) in [5, 5.41) is 25.0. The van der Waals surface area contributed by atoms with Gasteiger partial charge in [0.25, 0.3) is 0 Å². The van der Waals surface area contributed by atoms with Crippen LogP contribution in [0, 0.1) is 11.3 Å². The van der Waals surface area contributed by atoms with E-state index in [4.69, 9.17) is 5.26 Å². The van der Waals surface area contributed by atoms with Gasteiger partial charge in [-0.05, 0) is 25.7 Å². The van der Waals surface area contributed by atoms with Crippen molar-refractivity contribution in [2.75, 3.05) is 11.9 Å². The summed E-state index contributed by atoms with van der Waals surface area (Å²) in [6, 6.07) is 2.31. The summed E-state index contributed by atoms with van der Waals surface area (Å²) in [4.78, 5) is 0. The van der Waals surface area contributed by atoms with Gasteiger partial charge in [0.05, 0.1) is 30.4 Å². The fourth-order valence-electron chi connectivity index (χ4n) is 3.30. The zero-order chi connectivity index (χ0) is 14.3. The molecule has 0 amide bonds. The largest absolute Gasteiger partial charge is 0.368 e. The number of aromatic nitrogens is 4. The van der Waals surface area contributed by atoms with E-state index in [-0.39, 0.29) is 5.54 Å². The van der Waals surface area contributed by atoms with Crippen LogP contribution in [0.5, 0.6) is 0 Å². The Hall–Kier alpha value is -2.42. The van der Waals surface area contributed by atoms with E-state index in [1.807, 2.05) is 17.1 Å². The van der Waals surface area contributed by atoms with E-state index in [1.165, 1.54) is 12.0 Å². The quantitative estimate of drug-likeness (QED) is 0.931. The Morgan fingerprint density at radius 3 is 3.05 bits per heavy atom. The third kappa shape index (κ3) is 1.81. The van der Waals surface area contributed by atoms with Crippen molar-refractivity contribution >= 4 is 5.82 Å². The second-order valence-electron chi connectivity index (χ2n) is 5.85. The maximum absolute atomic E-state index is 9.06. The molecule has 2 aliphatic rings. The van der Waals surface area contributed by atoms with Crippen LogP contribution < -0.4 is 5.32 Å². The minimum atomic E-state index is -0.0884. The number of rotatable bonds is 3. The van der Waals surface area contributed by atoms with Gasteiger partial charge >= 0.3 is 0 Å². The molecule has 0 radical (unpaired) electrons. The van der Waals surface area contributed by atoms with Crippen LogP contribution >= 0.6 is 0 Å². The molecule has 0 unspecified atom stereocenters. The van der Waals surface area contributed by atoms with Crippen molar-refractivity contribution in [3.05, 3.63) is 24.2 Å². The predicted molar refractivity (Wildman–Crippen MR) is 77.5 cm³/mol. The molecule has 6 heteroatoms. The molecule has 6 nitrogen and oxygen atoms in total. The molecule has 1 fully saturated rings. The Bertz CT molecular complexity index is 722. The lowest BCUT2D eigenvalue weighted by Crippen LogP contribution is -2.40. The van der Waals surface area contributed by atoms with Crippen molar-refractivity contribution in [2.45, 2.75) is 37.6 Å². The molecule has 1 aliphatic carbocycles. The molecule has 3 heterocycles. The van der Waals surface area contributed by atoms with Crippen molar-refractivity contribution in [1.82, 2.24) is 20.0 Å². The van der Waals surface area contributed by atoms with Gasteiger partial charge in [0.1, 0.15) is 0 Å². The molecule has 0 atom stereocenters. The first kappa shape index (κ1) is 12.3. The van der Waals surface area contributed by atoms with Gasteiger partial charge in [0, 0.05) is 29.4 Å².